The van der Waals surface area contributed by atoms with Gasteiger partial charge in [0.25, 0.3) is 5.91 Å². The Kier molecular flexibility index (Phi) is 6.62. The van der Waals surface area contributed by atoms with Gasteiger partial charge in [-0.3, -0.25) is 19.3 Å². The highest BCUT2D eigenvalue weighted by Gasteiger charge is 2.40. The molecule has 2 aliphatic rings. The molecule has 2 aliphatic heterocycles. The lowest BCUT2D eigenvalue weighted by Gasteiger charge is -2.45. The average Bonchev–Trinajstić information content (AvgIpc) is 2.83. The van der Waals surface area contributed by atoms with Crippen LogP contribution in [0.4, 0.5) is 21.5 Å². The fourth-order valence-electron chi connectivity index (χ4n) is 4.62. The number of amides is 3. The van der Waals surface area contributed by atoms with E-state index in [9.17, 15) is 18.8 Å². The van der Waals surface area contributed by atoms with Gasteiger partial charge in [0, 0.05) is 30.9 Å². The van der Waals surface area contributed by atoms with E-state index in [1.54, 1.807) is 17.0 Å². The molecule has 8 heteroatoms. The lowest BCUT2D eigenvalue weighted by atomic mass is 9.95. The van der Waals surface area contributed by atoms with E-state index in [0.717, 1.165) is 31.5 Å². The summed E-state index contributed by atoms with van der Waals surface area (Å²) < 4.78 is 13.2. The predicted octanol–water partition coefficient (Wildman–Crippen LogP) is 3.65. The van der Waals surface area contributed by atoms with Crippen LogP contribution in [-0.4, -0.2) is 54.8 Å². The lowest BCUT2D eigenvalue weighted by Crippen LogP contribution is -2.56. The molecule has 0 aliphatic carbocycles. The zero-order valence-corrected chi connectivity index (χ0v) is 19.0. The Hall–Kier alpha value is -3.42. The fraction of sp³-hybridized carbons (Fsp3) is 0.400. The van der Waals surface area contributed by atoms with Gasteiger partial charge in [0.2, 0.25) is 11.8 Å². The van der Waals surface area contributed by atoms with Crippen molar-refractivity contribution < 1.29 is 18.8 Å². The number of halogens is 1. The molecule has 0 unspecified atom stereocenters. The molecular weight excluding hydrogens is 423 g/mol. The Morgan fingerprint density at radius 3 is 2.48 bits per heavy atom. The number of hydrogen-bond acceptors (Lipinski definition) is 4. The molecule has 0 saturated carbocycles. The molecule has 0 spiro atoms. The third-order valence-corrected chi connectivity index (χ3v) is 6.36. The van der Waals surface area contributed by atoms with Crippen molar-refractivity contribution in [2.24, 2.45) is 0 Å². The first kappa shape index (κ1) is 22.8. The normalized spacial score (nSPS) is 17.3. The van der Waals surface area contributed by atoms with Gasteiger partial charge in [0.05, 0.1) is 11.4 Å². The number of carbonyl (C=O) groups excluding carboxylic acids is 3. The largest absolute Gasteiger partial charge is 0.358 e. The van der Waals surface area contributed by atoms with Crippen LogP contribution in [0.1, 0.15) is 43.5 Å². The van der Waals surface area contributed by atoms with Crippen LogP contribution in [0.5, 0.6) is 0 Å². The molecule has 33 heavy (non-hydrogen) atoms. The van der Waals surface area contributed by atoms with Crippen LogP contribution in [0.3, 0.4) is 0 Å². The van der Waals surface area contributed by atoms with Gasteiger partial charge in [-0.1, -0.05) is 0 Å². The van der Waals surface area contributed by atoms with Crippen LogP contribution in [-0.2, 0) is 9.59 Å². The van der Waals surface area contributed by atoms with Gasteiger partial charge >= 0.3 is 0 Å². The first-order chi connectivity index (χ1) is 15.9. The predicted molar refractivity (Wildman–Crippen MR) is 126 cm³/mol. The summed E-state index contributed by atoms with van der Waals surface area (Å²) in [5, 5.41) is 2.73. The van der Waals surface area contributed by atoms with Gasteiger partial charge in [-0.2, -0.15) is 0 Å². The summed E-state index contributed by atoms with van der Waals surface area (Å²) in [6.07, 6.45) is 2.68. The third-order valence-electron chi connectivity index (χ3n) is 6.36. The van der Waals surface area contributed by atoms with Crippen LogP contribution in [0.15, 0.2) is 42.5 Å². The first-order valence-corrected chi connectivity index (χ1v) is 11.5. The Labute approximate surface area is 193 Å². The third kappa shape index (κ3) is 4.55. The molecule has 3 amide bonds. The Morgan fingerprint density at radius 2 is 1.79 bits per heavy atom. The summed E-state index contributed by atoms with van der Waals surface area (Å²) >= 11 is 0. The quantitative estimate of drug-likeness (QED) is 0.726. The number of piperidine rings is 1. The Balaban J connectivity index is 1.66. The molecule has 7 nitrogen and oxygen atoms in total. The minimum Gasteiger partial charge on any atom is -0.358 e. The second-order valence-electron chi connectivity index (χ2n) is 8.37. The van der Waals surface area contributed by atoms with Gasteiger partial charge in [0.1, 0.15) is 18.4 Å². The number of hydrogen-bond donors (Lipinski definition) is 1. The maximum absolute atomic E-state index is 13.4. The molecule has 2 heterocycles. The van der Waals surface area contributed by atoms with Crippen molar-refractivity contribution in [2.75, 3.05) is 41.3 Å². The Bertz CT molecular complexity index is 1050. The van der Waals surface area contributed by atoms with Crippen LogP contribution in [0.2, 0.25) is 0 Å². The smallest absolute Gasteiger partial charge is 0.253 e. The molecule has 4 rings (SSSR count). The molecule has 0 bridgehead atoms. The van der Waals surface area contributed by atoms with Crippen LogP contribution in [0.25, 0.3) is 0 Å². The lowest BCUT2D eigenvalue weighted by molar-refractivity contribution is -0.123. The minimum atomic E-state index is -0.393. The van der Waals surface area contributed by atoms with E-state index in [4.69, 9.17) is 0 Å². The number of rotatable bonds is 6. The molecular formula is C25H29FN4O3. The molecule has 2 aromatic carbocycles. The van der Waals surface area contributed by atoms with Crippen molar-refractivity contribution in [3.63, 3.8) is 0 Å². The SMILES string of the molecule is CCN(CC)C(=O)c1ccc2c(c1)N(CC(=O)Nc1ccc(F)cc1)C(=O)[C@@H]1CCCCN21. The van der Waals surface area contributed by atoms with E-state index in [0.29, 0.717) is 30.0 Å². The number of carbonyl (C=O) groups is 3. The van der Waals surface area contributed by atoms with Gasteiger partial charge in [-0.15, -0.1) is 0 Å². The zero-order valence-electron chi connectivity index (χ0n) is 19.0. The zero-order chi connectivity index (χ0) is 23.5. The van der Waals surface area contributed by atoms with E-state index in [1.165, 1.54) is 29.2 Å². The highest BCUT2D eigenvalue weighted by atomic mass is 19.1. The highest BCUT2D eigenvalue weighted by molar-refractivity contribution is 6.11. The average molecular weight is 453 g/mol. The van der Waals surface area contributed by atoms with E-state index in [2.05, 4.69) is 10.2 Å². The summed E-state index contributed by atoms with van der Waals surface area (Å²) in [5.41, 5.74) is 2.39. The topological polar surface area (TPSA) is 73.0 Å². The molecule has 1 atom stereocenters. The number of nitrogens with one attached hydrogen (secondary N) is 1. The summed E-state index contributed by atoms with van der Waals surface area (Å²) in [5.74, 6) is -1.02. The highest BCUT2D eigenvalue weighted by Crippen LogP contribution is 2.40. The van der Waals surface area contributed by atoms with Crippen molar-refractivity contribution in [2.45, 2.75) is 39.2 Å². The van der Waals surface area contributed by atoms with E-state index in [-0.39, 0.29) is 30.3 Å². The van der Waals surface area contributed by atoms with Gasteiger partial charge in [0.15, 0.2) is 0 Å². The van der Waals surface area contributed by atoms with Crippen molar-refractivity contribution in [3.8, 4) is 0 Å². The minimum absolute atomic E-state index is 0.105. The van der Waals surface area contributed by atoms with E-state index in [1.807, 2.05) is 19.9 Å². The molecule has 2 aromatic rings. The number of fused-ring (bicyclic) bond motifs is 3. The van der Waals surface area contributed by atoms with Gasteiger partial charge in [-0.25, -0.2) is 4.39 Å². The monoisotopic (exact) mass is 452 g/mol. The second kappa shape index (κ2) is 9.60. The summed E-state index contributed by atoms with van der Waals surface area (Å²) in [6.45, 7) is 5.60. The summed E-state index contributed by atoms with van der Waals surface area (Å²) in [4.78, 5) is 44.5. The Morgan fingerprint density at radius 1 is 1.06 bits per heavy atom. The van der Waals surface area contributed by atoms with Gasteiger partial charge < -0.3 is 15.1 Å². The van der Waals surface area contributed by atoms with Crippen molar-refractivity contribution >= 4 is 34.8 Å². The maximum Gasteiger partial charge on any atom is 0.253 e. The van der Waals surface area contributed by atoms with E-state index < -0.39 is 5.82 Å². The molecule has 174 valence electrons. The first-order valence-electron chi connectivity index (χ1n) is 11.5. The second-order valence-corrected chi connectivity index (χ2v) is 8.37. The number of nitrogens with zero attached hydrogens (tertiary/aromatic N) is 3. The fourth-order valence-corrected chi connectivity index (χ4v) is 4.62. The van der Waals surface area contributed by atoms with Crippen molar-refractivity contribution in [1.29, 1.82) is 0 Å². The molecule has 0 radical (unpaired) electrons. The van der Waals surface area contributed by atoms with Crippen LogP contribution < -0.4 is 15.1 Å². The van der Waals surface area contributed by atoms with Crippen LogP contribution >= 0.6 is 0 Å². The molecule has 1 fully saturated rings. The van der Waals surface area contributed by atoms with Crippen LogP contribution in [0, 0.1) is 5.82 Å². The molecule has 1 N–H and O–H groups in total. The number of benzene rings is 2. The number of anilines is 3. The maximum atomic E-state index is 13.4. The van der Waals surface area contributed by atoms with E-state index >= 15 is 0 Å². The molecule has 1 saturated heterocycles. The summed E-state index contributed by atoms with van der Waals surface area (Å²) in [6, 6.07) is 10.6. The summed E-state index contributed by atoms with van der Waals surface area (Å²) in [7, 11) is 0. The van der Waals surface area contributed by atoms with Crippen molar-refractivity contribution in [1.82, 2.24) is 4.90 Å². The molecule has 0 aromatic heterocycles. The van der Waals surface area contributed by atoms with Gasteiger partial charge in [-0.05, 0) is 75.6 Å². The standard InChI is InChI=1S/C25H29FN4O3/c1-3-28(4-2)24(32)17-8-13-20-22(15-17)30(25(33)21-7-5-6-14-29(20)21)16-23(31)27-19-11-9-18(26)10-12-19/h8-13,15,21H,3-7,14,16H2,1-2H3,(H,27,31)/t21-/m0/s1. The van der Waals surface area contributed by atoms with Crippen molar-refractivity contribution in [3.05, 3.63) is 53.8 Å².